The number of carboxylic acids is 1. The van der Waals surface area contributed by atoms with E-state index in [1.165, 1.54) is 4.90 Å². The molecule has 0 aromatic carbocycles. The number of nitrogens with zero attached hydrogens (tertiary/aromatic N) is 1. The minimum absolute atomic E-state index is 0.104. The van der Waals surface area contributed by atoms with Crippen molar-refractivity contribution in [1.29, 1.82) is 0 Å². The maximum atomic E-state index is 11.9. The summed E-state index contributed by atoms with van der Waals surface area (Å²) in [5.41, 5.74) is 0. The molecule has 0 rings (SSSR count). The highest BCUT2D eigenvalue weighted by Crippen LogP contribution is 2.03. The third kappa shape index (κ3) is 8.74. The molecule has 0 aliphatic carbocycles. The monoisotopic (exact) mass is 288 g/mol. The second-order valence-electron chi connectivity index (χ2n) is 5.31. The number of hydrogen-bond acceptors (Lipinski definition) is 3. The van der Waals surface area contributed by atoms with Gasteiger partial charge in [-0.1, -0.05) is 20.8 Å². The molecule has 1 unspecified atom stereocenters. The number of aliphatic carboxylic acids is 1. The zero-order valence-electron chi connectivity index (χ0n) is 13.0. The molecule has 2 N–H and O–H groups in total. The molecule has 0 radical (unpaired) electrons. The van der Waals surface area contributed by atoms with Crippen LogP contribution in [-0.4, -0.2) is 54.4 Å². The van der Waals surface area contributed by atoms with Gasteiger partial charge in [-0.25, -0.2) is 4.79 Å². The maximum Gasteiger partial charge on any atom is 0.323 e. The van der Waals surface area contributed by atoms with Crippen LogP contribution in [0.15, 0.2) is 0 Å². The van der Waals surface area contributed by atoms with E-state index in [0.29, 0.717) is 32.1 Å². The topological polar surface area (TPSA) is 78.9 Å². The number of nitrogens with one attached hydrogen (secondary N) is 1. The number of carboxylic acid groups (broad SMARTS) is 1. The summed E-state index contributed by atoms with van der Waals surface area (Å²) in [7, 11) is 0. The molecule has 0 saturated carbocycles. The first-order valence-electron chi connectivity index (χ1n) is 7.22. The Balaban J connectivity index is 3.98. The van der Waals surface area contributed by atoms with Crippen LogP contribution < -0.4 is 5.32 Å². The van der Waals surface area contributed by atoms with Gasteiger partial charge in [0.15, 0.2) is 0 Å². The Hall–Kier alpha value is -1.30. The summed E-state index contributed by atoms with van der Waals surface area (Å²) in [5, 5.41) is 11.5. The Labute approximate surface area is 121 Å². The molecular formula is C14H28N2O4. The summed E-state index contributed by atoms with van der Waals surface area (Å²) in [4.78, 5) is 24.0. The van der Waals surface area contributed by atoms with E-state index in [1.807, 2.05) is 13.8 Å². The first kappa shape index (κ1) is 18.7. The average Bonchev–Trinajstić information content (AvgIpc) is 2.38. The summed E-state index contributed by atoms with van der Waals surface area (Å²) >= 11 is 0. The van der Waals surface area contributed by atoms with E-state index in [-0.39, 0.29) is 18.6 Å². The highest BCUT2D eigenvalue weighted by atomic mass is 16.5. The molecule has 0 aromatic rings. The largest absolute Gasteiger partial charge is 0.480 e. The lowest BCUT2D eigenvalue weighted by atomic mass is 10.1. The Morgan fingerprint density at radius 2 is 1.90 bits per heavy atom. The van der Waals surface area contributed by atoms with Crippen molar-refractivity contribution >= 4 is 12.0 Å². The molecule has 1 atom stereocenters. The predicted octanol–water partition coefficient (Wildman–Crippen LogP) is 1.94. The maximum absolute atomic E-state index is 11.9. The molecule has 2 amide bonds. The molecule has 6 heteroatoms. The Kier molecular flexibility index (Phi) is 9.80. The molecule has 118 valence electrons. The first-order valence-corrected chi connectivity index (χ1v) is 7.22. The molecule has 20 heavy (non-hydrogen) atoms. The van der Waals surface area contributed by atoms with Crippen LogP contribution in [0.25, 0.3) is 0 Å². The van der Waals surface area contributed by atoms with Crippen LogP contribution in [-0.2, 0) is 9.53 Å². The number of ether oxygens (including phenoxy) is 1. The smallest absolute Gasteiger partial charge is 0.323 e. The molecule has 0 heterocycles. The van der Waals surface area contributed by atoms with Gasteiger partial charge in [0.1, 0.15) is 6.54 Å². The van der Waals surface area contributed by atoms with Gasteiger partial charge in [-0.15, -0.1) is 0 Å². The first-order chi connectivity index (χ1) is 9.38. The standard InChI is InChI=1S/C14H28N2O4/c1-5-12(4)16(10-13(17)18)14(19)15-7-9-20-8-6-11(2)3/h11-12H,5-10H2,1-4H3,(H,15,19)(H,17,18). The van der Waals surface area contributed by atoms with Gasteiger partial charge in [0, 0.05) is 19.2 Å². The van der Waals surface area contributed by atoms with E-state index in [0.717, 1.165) is 6.42 Å². The van der Waals surface area contributed by atoms with Crippen LogP contribution in [0.4, 0.5) is 4.79 Å². The molecule has 0 aliphatic rings. The molecule has 0 aromatic heterocycles. The number of amides is 2. The molecule has 0 saturated heterocycles. The predicted molar refractivity (Wildman–Crippen MR) is 77.8 cm³/mol. The van der Waals surface area contributed by atoms with Gasteiger partial charge in [0.05, 0.1) is 6.61 Å². The summed E-state index contributed by atoms with van der Waals surface area (Å²) in [5.74, 6) is -0.408. The average molecular weight is 288 g/mol. The number of urea groups is 1. The van der Waals surface area contributed by atoms with E-state index in [9.17, 15) is 9.59 Å². The van der Waals surface area contributed by atoms with Gasteiger partial charge in [-0.05, 0) is 25.7 Å². The fraction of sp³-hybridized carbons (Fsp3) is 0.857. The van der Waals surface area contributed by atoms with Crippen molar-refractivity contribution in [2.24, 2.45) is 5.92 Å². The third-order valence-corrected chi connectivity index (χ3v) is 3.05. The van der Waals surface area contributed by atoms with Crippen LogP contribution in [0.1, 0.15) is 40.5 Å². The molecule has 6 nitrogen and oxygen atoms in total. The Bertz CT molecular complexity index is 295. The zero-order chi connectivity index (χ0) is 15.5. The number of carbonyl (C=O) groups is 2. The molecule has 0 bridgehead atoms. The van der Waals surface area contributed by atoms with Crippen LogP contribution in [0.3, 0.4) is 0 Å². The quantitative estimate of drug-likeness (QED) is 0.602. The van der Waals surface area contributed by atoms with Crippen molar-refractivity contribution in [1.82, 2.24) is 10.2 Å². The normalized spacial score (nSPS) is 12.2. The van der Waals surface area contributed by atoms with E-state index in [4.69, 9.17) is 9.84 Å². The van der Waals surface area contributed by atoms with Gasteiger partial charge in [0.25, 0.3) is 0 Å². The highest BCUT2D eigenvalue weighted by Gasteiger charge is 2.20. The second kappa shape index (κ2) is 10.5. The van der Waals surface area contributed by atoms with Crippen molar-refractivity contribution < 1.29 is 19.4 Å². The lowest BCUT2D eigenvalue weighted by molar-refractivity contribution is -0.138. The van der Waals surface area contributed by atoms with E-state index >= 15 is 0 Å². The third-order valence-electron chi connectivity index (χ3n) is 3.05. The van der Waals surface area contributed by atoms with Crippen molar-refractivity contribution in [2.75, 3.05) is 26.3 Å². The van der Waals surface area contributed by atoms with Crippen LogP contribution in [0, 0.1) is 5.92 Å². The summed E-state index contributed by atoms with van der Waals surface area (Å²) in [6, 6.07) is -0.456. The minimum Gasteiger partial charge on any atom is -0.480 e. The van der Waals surface area contributed by atoms with Crippen LogP contribution in [0.2, 0.25) is 0 Å². The van der Waals surface area contributed by atoms with Crippen molar-refractivity contribution in [3.63, 3.8) is 0 Å². The van der Waals surface area contributed by atoms with E-state index in [1.54, 1.807) is 0 Å². The van der Waals surface area contributed by atoms with Gasteiger partial charge in [-0.2, -0.15) is 0 Å². The number of rotatable bonds is 10. The minimum atomic E-state index is -1.01. The van der Waals surface area contributed by atoms with E-state index in [2.05, 4.69) is 19.2 Å². The molecule has 0 spiro atoms. The second-order valence-corrected chi connectivity index (χ2v) is 5.31. The highest BCUT2D eigenvalue weighted by molar-refractivity contribution is 5.80. The number of hydrogen-bond donors (Lipinski definition) is 2. The summed E-state index contributed by atoms with van der Waals surface area (Å²) in [6.07, 6.45) is 1.71. The Morgan fingerprint density at radius 1 is 1.25 bits per heavy atom. The van der Waals surface area contributed by atoms with Crippen molar-refractivity contribution in [3.8, 4) is 0 Å². The fourth-order valence-corrected chi connectivity index (χ4v) is 1.55. The van der Waals surface area contributed by atoms with Gasteiger partial charge in [-0.3, -0.25) is 4.79 Å². The SMILES string of the molecule is CCC(C)N(CC(=O)O)C(=O)NCCOCCC(C)C. The Morgan fingerprint density at radius 3 is 2.40 bits per heavy atom. The van der Waals surface area contributed by atoms with E-state index < -0.39 is 5.97 Å². The molecule has 0 fully saturated rings. The summed E-state index contributed by atoms with van der Waals surface area (Å²) < 4.78 is 5.39. The van der Waals surface area contributed by atoms with Crippen LogP contribution >= 0.6 is 0 Å². The van der Waals surface area contributed by atoms with Crippen molar-refractivity contribution in [3.05, 3.63) is 0 Å². The lowest BCUT2D eigenvalue weighted by Gasteiger charge is -2.27. The molecule has 0 aliphatic heterocycles. The van der Waals surface area contributed by atoms with Gasteiger partial charge in [0.2, 0.25) is 0 Å². The van der Waals surface area contributed by atoms with Gasteiger partial charge >= 0.3 is 12.0 Å². The lowest BCUT2D eigenvalue weighted by Crippen LogP contribution is -2.48. The zero-order valence-corrected chi connectivity index (χ0v) is 13.0. The molecular weight excluding hydrogens is 260 g/mol. The number of carbonyl (C=O) groups excluding carboxylic acids is 1. The van der Waals surface area contributed by atoms with Crippen LogP contribution in [0.5, 0.6) is 0 Å². The summed E-state index contributed by atoms with van der Waals surface area (Å²) in [6.45, 7) is 9.24. The van der Waals surface area contributed by atoms with Crippen molar-refractivity contribution in [2.45, 2.75) is 46.6 Å². The van der Waals surface area contributed by atoms with Gasteiger partial charge < -0.3 is 20.1 Å². The fourth-order valence-electron chi connectivity index (χ4n) is 1.55.